The Morgan fingerprint density at radius 3 is 2.53 bits per heavy atom. The minimum absolute atomic E-state index is 0.763. The van der Waals surface area contributed by atoms with Crippen LogP contribution in [0.2, 0.25) is 0 Å². The van der Waals surface area contributed by atoms with Crippen LogP contribution in [0.25, 0.3) is 0 Å². The Hall–Kier alpha value is -0.570. The van der Waals surface area contributed by atoms with Crippen molar-refractivity contribution in [3.8, 4) is 0 Å². The Morgan fingerprint density at radius 2 is 1.93 bits per heavy atom. The minimum atomic E-state index is 0.763. The third-order valence-corrected chi connectivity index (χ3v) is 2.20. The van der Waals surface area contributed by atoms with Crippen molar-refractivity contribution in [1.82, 2.24) is 4.90 Å². The highest BCUT2D eigenvalue weighted by Crippen LogP contribution is 1.97. The summed E-state index contributed by atoms with van der Waals surface area (Å²) in [6, 6.07) is 0. The number of unbranched alkanes of at least 4 members (excludes halogenated alkanes) is 2. The molecule has 3 heteroatoms. The lowest BCUT2D eigenvalue weighted by molar-refractivity contribution is 0.139. The van der Waals surface area contributed by atoms with Crippen LogP contribution in [0.3, 0.4) is 0 Å². The molecule has 15 heavy (non-hydrogen) atoms. The lowest BCUT2D eigenvalue weighted by atomic mass is 10.2. The average molecular weight is 214 g/mol. The van der Waals surface area contributed by atoms with Crippen LogP contribution in [-0.2, 0) is 4.84 Å². The van der Waals surface area contributed by atoms with Crippen LogP contribution >= 0.6 is 0 Å². The van der Waals surface area contributed by atoms with Gasteiger partial charge < -0.3 is 9.74 Å². The van der Waals surface area contributed by atoms with Gasteiger partial charge in [-0.1, -0.05) is 24.9 Å². The predicted molar refractivity (Wildman–Crippen MR) is 66.4 cm³/mol. The fourth-order valence-corrected chi connectivity index (χ4v) is 1.27. The third kappa shape index (κ3) is 11.4. The van der Waals surface area contributed by atoms with Crippen molar-refractivity contribution in [1.29, 1.82) is 0 Å². The molecule has 3 nitrogen and oxygen atoms in total. The fraction of sp³-hybridized carbons (Fsp3) is 0.917. The zero-order chi connectivity index (χ0) is 11.5. The maximum Gasteiger partial charge on any atom is 0.117 e. The van der Waals surface area contributed by atoms with E-state index in [0.29, 0.717) is 0 Å². The molecule has 0 rings (SSSR count). The molecule has 0 aromatic heterocycles. The maximum absolute atomic E-state index is 5.23. The quantitative estimate of drug-likeness (QED) is 0.335. The van der Waals surface area contributed by atoms with E-state index in [2.05, 4.69) is 31.1 Å². The molecule has 0 bridgehead atoms. The highest BCUT2D eigenvalue weighted by Gasteiger charge is 1.95. The van der Waals surface area contributed by atoms with Crippen molar-refractivity contribution in [2.45, 2.75) is 46.0 Å². The van der Waals surface area contributed by atoms with Gasteiger partial charge in [0.05, 0.1) is 5.71 Å². The molecule has 0 amide bonds. The first-order valence-corrected chi connectivity index (χ1v) is 5.97. The summed E-state index contributed by atoms with van der Waals surface area (Å²) in [6.07, 6.45) is 5.77. The molecule has 0 aliphatic heterocycles. The molecule has 0 saturated carbocycles. The smallest absolute Gasteiger partial charge is 0.117 e. The summed E-state index contributed by atoms with van der Waals surface area (Å²) in [7, 11) is 4.18. The van der Waals surface area contributed by atoms with Crippen molar-refractivity contribution in [2.24, 2.45) is 5.16 Å². The molecule has 0 atom stereocenters. The number of oxime groups is 1. The largest absolute Gasteiger partial charge is 0.396 e. The summed E-state index contributed by atoms with van der Waals surface area (Å²) in [5.41, 5.74) is 1.10. The molecule has 0 radical (unpaired) electrons. The van der Waals surface area contributed by atoms with E-state index < -0.39 is 0 Å². The molecule has 90 valence electrons. The molecule has 0 fully saturated rings. The van der Waals surface area contributed by atoms with Crippen molar-refractivity contribution in [2.75, 3.05) is 27.2 Å². The van der Waals surface area contributed by atoms with Gasteiger partial charge in [0, 0.05) is 0 Å². The second-order valence-electron chi connectivity index (χ2n) is 4.27. The number of hydrogen-bond acceptors (Lipinski definition) is 3. The SMILES string of the molecule is CCCCCO/N=C(/C)CCCN(C)C. The highest BCUT2D eigenvalue weighted by molar-refractivity contribution is 5.81. The molecule has 0 unspecified atom stereocenters. The normalized spacial score (nSPS) is 12.2. The summed E-state index contributed by atoms with van der Waals surface area (Å²) >= 11 is 0. The summed E-state index contributed by atoms with van der Waals surface area (Å²) < 4.78 is 0. The molecule has 0 aliphatic rings. The Morgan fingerprint density at radius 1 is 1.20 bits per heavy atom. The van der Waals surface area contributed by atoms with E-state index in [1.165, 1.54) is 12.8 Å². The van der Waals surface area contributed by atoms with E-state index in [0.717, 1.165) is 38.1 Å². The first kappa shape index (κ1) is 14.4. The van der Waals surface area contributed by atoms with Crippen molar-refractivity contribution < 1.29 is 4.84 Å². The molecule has 0 aromatic rings. The van der Waals surface area contributed by atoms with Crippen LogP contribution in [0.1, 0.15) is 46.0 Å². The van der Waals surface area contributed by atoms with Gasteiger partial charge in [-0.15, -0.1) is 0 Å². The molecule has 0 aliphatic carbocycles. The Labute approximate surface area is 94.5 Å². The Bertz CT molecular complexity index is 167. The molecular formula is C12H26N2O. The van der Waals surface area contributed by atoms with Crippen molar-refractivity contribution in [3.63, 3.8) is 0 Å². The summed E-state index contributed by atoms with van der Waals surface area (Å²) in [5.74, 6) is 0. The van der Waals surface area contributed by atoms with Gasteiger partial charge in [-0.05, 0) is 46.8 Å². The van der Waals surface area contributed by atoms with Crippen LogP contribution in [0.5, 0.6) is 0 Å². The van der Waals surface area contributed by atoms with E-state index in [1.807, 2.05) is 6.92 Å². The molecule has 0 aromatic carbocycles. The molecule has 0 saturated heterocycles. The first-order valence-electron chi connectivity index (χ1n) is 5.97. The van der Waals surface area contributed by atoms with E-state index in [1.54, 1.807) is 0 Å². The van der Waals surface area contributed by atoms with E-state index in [4.69, 9.17) is 4.84 Å². The van der Waals surface area contributed by atoms with Crippen LogP contribution in [0, 0.1) is 0 Å². The third-order valence-electron chi connectivity index (χ3n) is 2.20. The van der Waals surface area contributed by atoms with E-state index in [9.17, 15) is 0 Å². The zero-order valence-electron chi connectivity index (χ0n) is 10.8. The summed E-state index contributed by atoms with van der Waals surface area (Å²) in [4.78, 5) is 7.42. The summed E-state index contributed by atoms with van der Waals surface area (Å²) in [6.45, 7) is 6.10. The van der Waals surface area contributed by atoms with Gasteiger partial charge in [0.2, 0.25) is 0 Å². The number of rotatable bonds is 9. The van der Waals surface area contributed by atoms with Crippen LogP contribution < -0.4 is 0 Å². The van der Waals surface area contributed by atoms with E-state index in [-0.39, 0.29) is 0 Å². The standard InChI is InChI=1S/C12H26N2O/c1-5-6-7-11-15-13-12(2)9-8-10-14(3)4/h5-11H2,1-4H3/b13-12-. The van der Waals surface area contributed by atoms with Gasteiger partial charge in [0.15, 0.2) is 0 Å². The van der Waals surface area contributed by atoms with Gasteiger partial charge in [0.25, 0.3) is 0 Å². The monoisotopic (exact) mass is 214 g/mol. The Kier molecular flexibility index (Phi) is 9.59. The fourth-order valence-electron chi connectivity index (χ4n) is 1.27. The van der Waals surface area contributed by atoms with Gasteiger partial charge in [-0.2, -0.15) is 0 Å². The van der Waals surface area contributed by atoms with Gasteiger partial charge in [0.1, 0.15) is 6.61 Å². The lowest BCUT2D eigenvalue weighted by Crippen LogP contribution is -2.13. The van der Waals surface area contributed by atoms with Crippen LogP contribution in [-0.4, -0.2) is 37.9 Å². The lowest BCUT2D eigenvalue weighted by Gasteiger charge is -2.08. The van der Waals surface area contributed by atoms with Gasteiger partial charge in [-0.3, -0.25) is 0 Å². The van der Waals surface area contributed by atoms with Gasteiger partial charge in [-0.25, -0.2) is 0 Å². The Balaban J connectivity index is 3.35. The molecular weight excluding hydrogens is 188 g/mol. The van der Waals surface area contributed by atoms with Crippen molar-refractivity contribution >= 4 is 5.71 Å². The topological polar surface area (TPSA) is 24.8 Å². The van der Waals surface area contributed by atoms with Gasteiger partial charge >= 0.3 is 0 Å². The second kappa shape index (κ2) is 9.97. The van der Waals surface area contributed by atoms with Crippen LogP contribution in [0.15, 0.2) is 5.16 Å². The average Bonchev–Trinajstić information content (AvgIpc) is 2.17. The summed E-state index contributed by atoms with van der Waals surface area (Å²) in [5, 5.41) is 4.09. The maximum atomic E-state index is 5.23. The zero-order valence-corrected chi connectivity index (χ0v) is 10.8. The number of nitrogens with zero attached hydrogens (tertiary/aromatic N) is 2. The molecule has 0 heterocycles. The molecule has 0 N–H and O–H groups in total. The van der Waals surface area contributed by atoms with Crippen LogP contribution in [0.4, 0.5) is 0 Å². The van der Waals surface area contributed by atoms with E-state index >= 15 is 0 Å². The predicted octanol–water partition coefficient (Wildman–Crippen LogP) is 2.91. The minimum Gasteiger partial charge on any atom is -0.396 e. The highest BCUT2D eigenvalue weighted by atomic mass is 16.6. The number of hydrogen-bond donors (Lipinski definition) is 0. The second-order valence-corrected chi connectivity index (χ2v) is 4.27. The molecule has 0 spiro atoms. The first-order chi connectivity index (χ1) is 7.16. The van der Waals surface area contributed by atoms with Crippen molar-refractivity contribution in [3.05, 3.63) is 0 Å².